The molecule has 2 aliphatic carbocycles. The molecule has 412 valence electrons. The summed E-state index contributed by atoms with van der Waals surface area (Å²) in [7, 11) is 3.37. The molecule has 12 nitrogen and oxygen atoms in total. The third-order valence-corrected chi connectivity index (χ3v) is 16.3. The first-order valence-corrected chi connectivity index (χ1v) is 28.0. The van der Waals surface area contributed by atoms with Crippen molar-refractivity contribution in [1.82, 2.24) is 19.9 Å². The van der Waals surface area contributed by atoms with Gasteiger partial charge in [-0.25, -0.2) is 0 Å². The van der Waals surface area contributed by atoms with Crippen LogP contribution in [0, 0.1) is 0 Å². The molecule has 4 heterocycles. The first kappa shape index (κ1) is 52.2. The lowest BCUT2D eigenvalue weighted by Gasteiger charge is -2.35. The van der Waals surface area contributed by atoms with Crippen LogP contribution in [0.1, 0.15) is 33.4 Å². The number of aromatic nitrogens is 4. The molecular formula is C73H56N8O4. The van der Waals surface area contributed by atoms with Gasteiger partial charge in [0.2, 0.25) is 0 Å². The van der Waals surface area contributed by atoms with Gasteiger partial charge in [0.1, 0.15) is 11.5 Å². The summed E-state index contributed by atoms with van der Waals surface area (Å²) in [4.78, 5) is 26.9. The van der Waals surface area contributed by atoms with Crippen LogP contribution in [0.3, 0.4) is 0 Å². The molecule has 12 heteroatoms. The number of hydrogen-bond acceptors (Lipinski definition) is 12. The number of aliphatic hydroxyl groups is 2. The van der Waals surface area contributed by atoms with E-state index in [0.29, 0.717) is 0 Å². The largest absolute Gasteiger partial charge is 0.497 e. The monoisotopic (exact) mass is 1110 g/mol. The quantitative estimate of drug-likeness (QED) is 0.0957. The summed E-state index contributed by atoms with van der Waals surface area (Å²) in [6, 6.07) is 76.4. The Kier molecular flexibility index (Phi) is 13.6. The lowest BCUT2D eigenvalue weighted by molar-refractivity contribution is 0.281. The van der Waals surface area contributed by atoms with Crippen LogP contribution >= 0.6 is 0 Å². The zero-order valence-corrected chi connectivity index (χ0v) is 46.6. The van der Waals surface area contributed by atoms with Crippen LogP contribution in [0.5, 0.6) is 11.5 Å². The minimum absolute atomic E-state index is 0.0688. The number of benzene rings is 8. The third kappa shape index (κ3) is 9.13. The highest BCUT2D eigenvalue weighted by atomic mass is 16.5. The summed E-state index contributed by atoms with van der Waals surface area (Å²) >= 11 is 0. The zero-order valence-electron chi connectivity index (χ0n) is 46.6. The number of pyridine rings is 4. The highest BCUT2D eigenvalue weighted by molar-refractivity contribution is 6.00. The first-order chi connectivity index (χ1) is 41.9. The van der Waals surface area contributed by atoms with Crippen LogP contribution < -0.4 is 29.1 Å². The number of ether oxygens (including phenoxy) is 2. The second-order valence-electron chi connectivity index (χ2n) is 20.9. The van der Waals surface area contributed by atoms with Crippen molar-refractivity contribution in [3.63, 3.8) is 0 Å². The summed E-state index contributed by atoms with van der Waals surface area (Å²) in [5, 5.41) is 20.5. The van der Waals surface area contributed by atoms with Crippen molar-refractivity contribution in [1.29, 1.82) is 0 Å². The van der Waals surface area contributed by atoms with E-state index >= 15 is 0 Å². The number of hydrogen-bond donors (Lipinski definition) is 2. The number of methoxy groups -OCH3 is 2. The molecule has 0 radical (unpaired) electrons. The Morgan fingerprint density at radius 3 is 0.718 bits per heavy atom. The van der Waals surface area contributed by atoms with E-state index in [1.807, 2.05) is 147 Å². The Bertz CT molecular complexity index is 3780. The molecule has 2 aliphatic rings. The summed E-state index contributed by atoms with van der Waals surface area (Å²) in [5.41, 5.74) is 20.7. The Labute approximate surface area is 493 Å². The van der Waals surface area contributed by atoms with Crippen LogP contribution in [0.2, 0.25) is 0 Å². The van der Waals surface area contributed by atoms with Crippen LogP contribution in [0.15, 0.2) is 268 Å². The minimum atomic E-state index is -0.990. The van der Waals surface area contributed by atoms with Gasteiger partial charge in [-0.3, -0.25) is 19.9 Å². The standard InChI is InChI=1S/C73H56N8O4/c1-84-63-19-11-53(12-20-63)80(57-31-39-76-40-32-57)61-17-25-67-65-23-15-59(78(55-27-35-74-36-28-55)51-7-3-49(47-82)4-8-51)43-69(65)73(71(67)45-61)70-44-60(79(56-29-37-75-38-30-56)52-9-5-50(48-83)6-10-52)16-24-66(70)68-26-18-62(46-72(68)73)81(58-33-41-77-42-34-58)54-13-21-64(85-2)22-14-54/h3-46,82-83H,47-48H2,1-2H3. The Balaban J connectivity index is 1.09. The molecule has 0 atom stereocenters. The van der Waals surface area contributed by atoms with E-state index in [9.17, 15) is 10.2 Å². The van der Waals surface area contributed by atoms with Gasteiger partial charge in [-0.2, -0.15) is 0 Å². The topological polar surface area (TPSA) is 123 Å². The molecule has 0 fully saturated rings. The fourth-order valence-corrected chi connectivity index (χ4v) is 12.5. The second kappa shape index (κ2) is 22.1. The van der Waals surface area contributed by atoms with Gasteiger partial charge in [-0.1, -0.05) is 48.5 Å². The van der Waals surface area contributed by atoms with E-state index in [2.05, 4.69) is 161 Å². The number of fused-ring (bicyclic) bond motifs is 10. The fourth-order valence-electron chi connectivity index (χ4n) is 12.5. The van der Waals surface area contributed by atoms with Crippen molar-refractivity contribution >= 4 is 68.2 Å². The van der Waals surface area contributed by atoms with Crippen LogP contribution in [0.4, 0.5) is 68.2 Å². The van der Waals surface area contributed by atoms with E-state index in [1.54, 1.807) is 14.2 Å². The Hall–Kier alpha value is -10.9. The maximum atomic E-state index is 10.2. The fraction of sp³-hybridized carbons (Fsp3) is 0.0685. The lowest BCUT2D eigenvalue weighted by Crippen LogP contribution is -2.27. The van der Waals surface area contributed by atoms with Gasteiger partial charge in [0.05, 0.1) is 32.8 Å². The van der Waals surface area contributed by atoms with E-state index in [1.165, 1.54) is 0 Å². The predicted molar refractivity (Wildman–Crippen MR) is 338 cm³/mol. The first-order valence-electron chi connectivity index (χ1n) is 28.0. The maximum absolute atomic E-state index is 10.2. The molecular weight excluding hydrogens is 1050 g/mol. The molecule has 0 aliphatic heterocycles. The SMILES string of the molecule is COc1ccc(N(c2ccncc2)c2ccc3c(c2)C2(c4cc(N(c5ccncc5)c5ccc(CO)cc5)ccc4-3)c3cc(N(c4ccncc4)c4ccc(CO)cc4)ccc3-c3ccc(N(c4ccncc4)c4ccc(OC)cc4)cc32)cc1. The smallest absolute Gasteiger partial charge is 0.119 e. The van der Waals surface area contributed by atoms with Crippen LogP contribution in [0.25, 0.3) is 22.3 Å². The summed E-state index contributed by atoms with van der Waals surface area (Å²) in [6.07, 6.45) is 14.6. The molecule has 0 saturated heterocycles. The number of anilines is 12. The van der Waals surface area contributed by atoms with Crippen molar-refractivity contribution < 1.29 is 19.7 Å². The predicted octanol–water partition coefficient (Wildman–Crippen LogP) is 16.5. The molecule has 1 spiro atoms. The van der Waals surface area contributed by atoms with E-state index in [4.69, 9.17) is 9.47 Å². The molecule has 2 N–H and O–H groups in total. The molecule has 4 aromatic heterocycles. The molecule has 8 aromatic carbocycles. The minimum Gasteiger partial charge on any atom is -0.497 e. The number of rotatable bonds is 16. The molecule has 0 unspecified atom stereocenters. The van der Waals surface area contributed by atoms with E-state index in [0.717, 1.165) is 135 Å². The maximum Gasteiger partial charge on any atom is 0.119 e. The summed E-state index contributed by atoms with van der Waals surface area (Å²) in [5.74, 6) is 1.52. The highest BCUT2D eigenvalue weighted by Gasteiger charge is 2.53. The van der Waals surface area contributed by atoms with Crippen molar-refractivity contribution in [2.75, 3.05) is 33.8 Å². The molecule has 0 amide bonds. The molecule has 85 heavy (non-hydrogen) atoms. The average molecular weight is 1110 g/mol. The van der Waals surface area contributed by atoms with E-state index in [-0.39, 0.29) is 13.2 Å². The van der Waals surface area contributed by atoms with Gasteiger partial charge in [0.25, 0.3) is 0 Å². The van der Waals surface area contributed by atoms with Crippen molar-refractivity contribution in [3.8, 4) is 33.8 Å². The number of nitrogens with zero attached hydrogens (tertiary/aromatic N) is 8. The highest BCUT2D eigenvalue weighted by Crippen LogP contribution is 2.65. The van der Waals surface area contributed by atoms with Crippen molar-refractivity contribution in [2.24, 2.45) is 0 Å². The normalized spacial score (nSPS) is 12.2. The third-order valence-electron chi connectivity index (χ3n) is 16.3. The Morgan fingerprint density at radius 1 is 0.282 bits per heavy atom. The van der Waals surface area contributed by atoms with Crippen LogP contribution in [-0.4, -0.2) is 44.4 Å². The average Bonchev–Trinajstić information content (AvgIpc) is 1.52. The molecule has 14 rings (SSSR count). The van der Waals surface area contributed by atoms with Crippen molar-refractivity contribution in [3.05, 3.63) is 301 Å². The van der Waals surface area contributed by atoms with Gasteiger partial charge < -0.3 is 39.3 Å². The van der Waals surface area contributed by atoms with Gasteiger partial charge in [-0.05, 0) is 225 Å². The van der Waals surface area contributed by atoms with Gasteiger partial charge >= 0.3 is 0 Å². The van der Waals surface area contributed by atoms with Crippen molar-refractivity contribution in [2.45, 2.75) is 18.6 Å². The molecule has 12 aromatic rings. The van der Waals surface area contributed by atoms with Crippen LogP contribution in [-0.2, 0) is 18.6 Å². The summed E-state index contributed by atoms with van der Waals surface area (Å²) < 4.78 is 11.4. The summed E-state index contributed by atoms with van der Waals surface area (Å²) in [6.45, 7) is -0.138. The van der Waals surface area contributed by atoms with Gasteiger partial charge in [0, 0.05) is 118 Å². The molecule has 0 bridgehead atoms. The van der Waals surface area contributed by atoms with Gasteiger partial charge in [0.15, 0.2) is 0 Å². The van der Waals surface area contributed by atoms with E-state index < -0.39 is 5.41 Å². The second-order valence-corrected chi connectivity index (χ2v) is 20.9. The van der Waals surface area contributed by atoms with Gasteiger partial charge in [-0.15, -0.1) is 0 Å². The molecule has 0 saturated carbocycles. The lowest BCUT2D eigenvalue weighted by atomic mass is 9.70. The Morgan fingerprint density at radius 2 is 0.494 bits per heavy atom. The zero-order chi connectivity index (χ0) is 57.4. The number of aliphatic hydroxyl groups excluding tert-OH is 2.